The third-order valence-electron chi connectivity index (χ3n) is 1.29. The number of carboxylic acids is 1. The zero-order valence-electron chi connectivity index (χ0n) is 12.1. The van der Waals surface area contributed by atoms with Crippen molar-refractivity contribution in [3.63, 3.8) is 0 Å². The minimum atomic E-state index is -1.21. The third-order valence-corrected chi connectivity index (χ3v) is 1.29. The van der Waals surface area contributed by atoms with Crippen LogP contribution in [-0.4, -0.2) is 59.1 Å². The summed E-state index contributed by atoms with van der Waals surface area (Å²) in [6, 6.07) is 0. The lowest BCUT2D eigenvalue weighted by atomic mass is 9.98. The maximum Gasteiger partial charge on any atom is 0.505 e. The van der Waals surface area contributed by atoms with Gasteiger partial charge in [0.2, 0.25) is 0 Å². The largest absolute Gasteiger partial charge is 0.505 e. The molecule has 0 aromatic heterocycles. The van der Waals surface area contributed by atoms with Gasteiger partial charge in [-0.05, 0) is 27.7 Å². The van der Waals surface area contributed by atoms with Crippen molar-refractivity contribution in [2.24, 2.45) is 5.41 Å². The highest BCUT2D eigenvalue weighted by molar-refractivity contribution is 5.72. The number of ether oxygens (including phenoxy) is 1. The van der Waals surface area contributed by atoms with Crippen LogP contribution >= 0.6 is 0 Å². The standard InChI is InChI=1S/C5H10O2.C3H7NO2.C3H6O3/c1-5(2,3)4(6)7;1-4(2)3(5)6;1-2-6-3(4)5/h1-3H3,(H,6,7);1-2H3,(H,5,6);2H2,1H3,(H,4,5). The second kappa shape index (κ2) is 11.1. The second-order valence-corrected chi connectivity index (χ2v) is 4.43. The molecule has 0 saturated heterocycles. The Bertz CT molecular complexity index is 281. The van der Waals surface area contributed by atoms with Gasteiger partial charge in [0, 0.05) is 14.1 Å². The molecular weight excluding hydrogens is 258 g/mol. The van der Waals surface area contributed by atoms with Crippen LogP contribution in [0.15, 0.2) is 0 Å². The Morgan fingerprint density at radius 1 is 1.05 bits per heavy atom. The van der Waals surface area contributed by atoms with E-state index in [1.165, 1.54) is 14.1 Å². The number of hydrogen-bond donors (Lipinski definition) is 3. The first-order chi connectivity index (χ1) is 8.36. The van der Waals surface area contributed by atoms with Gasteiger partial charge in [-0.3, -0.25) is 4.79 Å². The van der Waals surface area contributed by atoms with Crippen molar-refractivity contribution < 1.29 is 34.4 Å². The van der Waals surface area contributed by atoms with Gasteiger partial charge in [-0.1, -0.05) is 0 Å². The van der Waals surface area contributed by atoms with Crippen LogP contribution in [0.4, 0.5) is 9.59 Å². The fraction of sp³-hybridized carbons (Fsp3) is 0.727. The third kappa shape index (κ3) is 25.9. The highest BCUT2D eigenvalue weighted by atomic mass is 16.7. The minimum Gasteiger partial charge on any atom is -0.481 e. The Kier molecular flexibility index (Phi) is 13.0. The smallest absolute Gasteiger partial charge is 0.481 e. The molecule has 0 rings (SSSR count). The number of hydrogen-bond acceptors (Lipinski definition) is 4. The average Bonchev–Trinajstić information content (AvgIpc) is 2.17. The van der Waals surface area contributed by atoms with Gasteiger partial charge in [-0.15, -0.1) is 0 Å². The van der Waals surface area contributed by atoms with E-state index in [0.29, 0.717) is 0 Å². The zero-order valence-corrected chi connectivity index (χ0v) is 12.1. The van der Waals surface area contributed by atoms with Gasteiger partial charge in [0.15, 0.2) is 0 Å². The van der Waals surface area contributed by atoms with Crippen molar-refractivity contribution in [2.45, 2.75) is 27.7 Å². The van der Waals surface area contributed by atoms with Crippen molar-refractivity contribution >= 4 is 18.2 Å². The van der Waals surface area contributed by atoms with Crippen molar-refractivity contribution in [2.75, 3.05) is 20.7 Å². The fourth-order valence-electron chi connectivity index (χ4n) is 0.123. The van der Waals surface area contributed by atoms with E-state index in [4.69, 9.17) is 15.3 Å². The van der Waals surface area contributed by atoms with E-state index in [1.807, 2.05) is 0 Å². The quantitative estimate of drug-likeness (QED) is 0.628. The summed E-state index contributed by atoms with van der Waals surface area (Å²) in [5.74, 6) is -0.757. The molecule has 3 N–H and O–H groups in total. The highest BCUT2D eigenvalue weighted by Gasteiger charge is 2.18. The van der Waals surface area contributed by atoms with Crippen molar-refractivity contribution in [3.05, 3.63) is 0 Å². The Labute approximate surface area is 112 Å². The van der Waals surface area contributed by atoms with Gasteiger partial charge in [0.05, 0.1) is 12.0 Å². The molecule has 114 valence electrons. The molecule has 0 radical (unpaired) electrons. The first kappa shape index (κ1) is 22.2. The van der Waals surface area contributed by atoms with Gasteiger partial charge in [-0.25, -0.2) is 9.59 Å². The Hall–Kier alpha value is -1.99. The Balaban J connectivity index is -0.000000203. The molecule has 0 saturated carbocycles. The van der Waals surface area contributed by atoms with Gasteiger partial charge < -0.3 is 25.0 Å². The van der Waals surface area contributed by atoms with Crippen LogP contribution in [0.3, 0.4) is 0 Å². The highest BCUT2D eigenvalue weighted by Crippen LogP contribution is 2.11. The molecule has 0 aromatic rings. The summed E-state index contributed by atoms with van der Waals surface area (Å²) in [5.41, 5.74) is -0.583. The summed E-state index contributed by atoms with van der Waals surface area (Å²) < 4.78 is 3.96. The maximum absolute atomic E-state index is 10.0. The molecule has 19 heavy (non-hydrogen) atoms. The number of aliphatic carboxylic acids is 1. The topological polar surface area (TPSA) is 124 Å². The van der Waals surface area contributed by atoms with E-state index >= 15 is 0 Å². The van der Waals surface area contributed by atoms with E-state index in [1.54, 1.807) is 27.7 Å². The number of amides is 1. The van der Waals surface area contributed by atoms with Gasteiger partial charge in [-0.2, -0.15) is 0 Å². The maximum atomic E-state index is 10.0. The summed E-state index contributed by atoms with van der Waals surface area (Å²) in [5, 5.41) is 23.9. The first-order valence-corrected chi connectivity index (χ1v) is 5.35. The number of nitrogens with zero attached hydrogens (tertiary/aromatic N) is 1. The zero-order chi connectivity index (χ0) is 16.2. The lowest BCUT2D eigenvalue weighted by molar-refractivity contribution is -0.145. The van der Waals surface area contributed by atoms with Crippen LogP contribution in [-0.2, 0) is 9.53 Å². The van der Waals surface area contributed by atoms with Gasteiger partial charge in [0.25, 0.3) is 0 Å². The predicted octanol–water partition coefficient (Wildman–Crippen LogP) is 2.04. The van der Waals surface area contributed by atoms with Crippen LogP contribution in [0.5, 0.6) is 0 Å². The van der Waals surface area contributed by atoms with Crippen molar-refractivity contribution in [3.8, 4) is 0 Å². The molecule has 8 nitrogen and oxygen atoms in total. The molecule has 0 bridgehead atoms. The second-order valence-electron chi connectivity index (χ2n) is 4.43. The lowest BCUT2D eigenvalue weighted by Crippen LogP contribution is -2.18. The van der Waals surface area contributed by atoms with Gasteiger partial charge in [0.1, 0.15) is 0 Å². The SMILES string of the molecule is CC(C)(C)C(=O)O.CCOC(=O)O.CN(C)C(=O)O. The monoisotopic (exact) mass is 281 g/mol. The van der Waals surface area contributed by atoms with Gasteiger partial charge >= 0.3 is 18.2 Å². The summed E-state index contributed by atoms with van der Waals surface area (Å²) in [4.78, 5) is 30.1. The summed E-state index contributed by atoms with van der Waals surface area (Å²) in [6.07, 6.45) is -2.12. The van der Waals surface area contributed by atoms with E-state index in [-0.39, 0.29) is 6.61 Å². The first-order valence-electron chi connectivity index (χ1n) is 5.35. The molecular formula is C11H23NO7. The summed E-state index contributed by atoms with van der Waals surface area (Å²) in [6.45, 7) is 6.84. The molecule has 0 aliphatic heterocycles. The molecule has 0 atom stereocenters. The Morgan fingerprint density at radius 3 is 1.32 bits per heavy atom. The number of rotatable bonds is 1. The van der Waals surface area contributed by atoms with E-state index in [0.717, 1.165) is 4.90 Å². The molecule has 0 spiro atoms. The van der Waals surface area contributed by atoms with Crippen molar-refractivity contribution in [1.82, 2.24) is 4.90 Å². The number of carboxylic acid groups (broad SMARTS) is 3. The Morgan fingerprint density at radius 2 is 1.32 bits per heavy atom. The minimum absolute atomic E-state index is 0.231. The molecule has 0 heterocycles. The number of carbonyl (C=O) groups is 3. The van der Waals surface area contributed by atoms with Crippen LogP contribution in [0.25, 0.3) is 0 Å². The molecule has 8 heteroatoms. The molecule has 1 amide bonds. The van der Waals surface area contributed by atoms with E-state index < -0.39 is 23.6 Å². The lowest BCUT2D eigenvalue weighted by Gasteiger charge is -2.08. The van der Waals surface area contributed by atoms with Crippen LogP contribution in [0.2, 0.25) is 0 Å². The van der Waals surface area contributed by atoms with E-state index in [9.17, 15) is 14.4 Å². The summed E-state index contributed by atoms with van der Waals surface area (Å²) in [7, 11) is 2.95. The average molecular weight is 281 g/mol. The van der Waals surface area contributed by atoms with Crippen LogP contribution in [0, 0.1) is 5.41 Å². The summed E-state index contributed by atoms with van der Waals surface area (Å²) >= 11 is 0. The van der Waals surface area contributed by atoms with E-state index in [2.05, 4.69) is 4.74 Å². The van der Waals surface area contributed by atoms with Crippen LogP contribution in [0.1, 0.15) is 27.7 Å². The molecule has 0 aliphatic carbocycles. The molecule has 0 aliphatic rings. The molecule has 0 aromatic carbocycles. The predicted molar refractivity (Wildman–Crippen MR) is 68.5 cm³/mol. The normalized spacial score (nSPS) is 8.95. The fourth-order valence-corrected chi connectivity index (χ4v) is 0.123. The molecule has 0 fully saturated rings. The molecule has 0 unspecified atom stereocenters. The van der Waals surface area contributed by atoms with Crippen molar-refractivity contribution in [1.29, 1.82) is 0 Å². The van der Waals surface area contributed by atoms with Crippen LogP contribution < -0.4 is 0 Å².